The van der Waals surface area contributed by atoms with E-state index in [1.54, 1.807) is 18.2 Å². The number of pyridine rings is 1. The molecule has 0 aliphatic rings. The van der Waals surface area contributed by atoms with Gasteiger partial charge in [0.1, 0.15) is 11.9 Å². The highest BCUT2D eigenvalue weighted by atomic mass is 16.5. The molecule has 0 spiro atoms. The van der Waals surface area contributed by atoms with Crippen molar-refractivity contribution in [1.82, 2.24) is 15.5 Å². The van der Waals surface area contributed by atoms with E-state index < -0.39 is 0 Å². The molecule has 0 unspecified atom stereocenters. The van der Waals surface area contributed by atoms with Gasteiger partial charge in [0.05, 0.1) is 5.56 Å². The molecule has 2 N–H and O–H groups in total. The van der Waals surface area contributed by atoms with E-state index >= 15 is 0 Å². The van der Waals surface area contributed by atoms with Crippen LogP contribution in [-0.2, 0) is 0 Å². The van der Waals surface area contributed by atoms with E-state index in [2.05, 4.69) is 20.8 Å². The van der Waals surface area contributed by atoms with Crippen molar-refractivity contribution in [3.63, 3.8) is 0 Å². The van der Waals surface area contributed by atoms with Gasteiger partial charge in [-0.05, 0) is 18.6 Å². The smallest absolute Gasteiger partial charge is 0.273 e. The van der Waals surface area contributed by atoms with Gasteiger partial charge in [-0.25, -0.2) is 4.98 Å². The Kier molecular flexibility index (Phi) is 5.58. The van der Waals surface area contributed by atoms with Crippen LogP contribution in [0.4, 0.5) is 5.82 Å². The van der Waals surface area contributed by atoms with Gasteiger partial charge in [0, 0.05) is 30.9 Å². The Labute approximate surface area is 150 Å². The first-order valence-electron chi connectivity index (χ1n) is 8.16. The molecule has 0 aliphatic heterocycles. The minimum absolute atomic E-state index is 0.255. The van der Waals surface area contributed by atoms with E-state index in [1.165, 1.54) is 6.20 Å². The van der Waals surface area contributed by atoms with Gasteiger partial charge in [-0.15, -0.1) is 0 Å². The molecule has 0 saturated carbocycles. The third-order valence-corrected chi connectivity index (χ3v) is 3.64. The van der Waals surface area contributed by atoms with Crippen LogP contribution in [0.3, 0.4) is 0 Å². The predicted molar refractivity (Wildman–Crippen MR) is 96.3 cm³/mol. The molecular weight excluding hydrogens is 330 g/mol. The Balaban J connectivity index is 1.41. The molecule has 1 aromatic carbocycles. The second-order valence-corrected chi connectivity index (χ2v) is 5.52. The molecule has 3 aromatic rings. The lowest BCUT2D eigenvalue weighted by Gasteiger charge is -2.06. The van der Waals surface area contributed by atoms with E-state index in [-0.39, 0.29) is 11.6 Å². The van der Waals surface area contributed by atoms with Crippen LogP contribution < -0.4 is 10.6 Å². The van der Waals surface area contributed by atoms with E-state index in [9.17, 15) is 4.79 Å². The van der Waals surface area contributed by atoms with Gasteiger partial charge >= 0.3 is 0 Å². The van der Waals surface area contributed by atoms with Crippen molar-refractivity contribution >= 4 is 11.7 Å². The van der Waals surface area contributed by atoms with Crippen molar-refractivity contribution < 1.29 is 9.32 Å². The molecule has 0 radical (unpaired) electrons. The normalized spacial score (nSPS) is 10.1. The van der Waals surface area contributed by atoms with Crippen LogP contribution in [0.5, 0.6) is 0 Å². The molecule has 0 fully saturated rings. The lowest BCUT2D eigenvalue weighted by Crippen LogP contribution is -2.26. The minimum atomic E-state index is -0.271. The van der Waals surface area contributed by atoms with Gasteiger partial charge in [-0.2, -0.15) is 5.26 Å². The molecule has 130 valence electrons. The van der Waals surface area contributed by atoms with Crippen molar-refractivity contribution in [2.24, 2.45) is 0 Å². The Morgan fingerprint density at radius 2 is 2.00 bits per heavy atom. The highest BCUT2D eigenvalue weighted by Crippen LogP contribution is 2.19. The minimum Gasteiger partial charge on any atom is -0.370 e. The van der Waals surface area contributed by atoms with Gasteiger partial charge in [0.2, 0.25) is 0 Å². The highest BCUT2D eigenvalue weighted by molar-refractivity contribution is 5.93. The number of benzene rings is 1. The maximum absolute atomic E-state index is 12.1. The Bertz CT molecular complexity index is 898. The van der Waals surface area contributed by atoms with Crippen LogP contribution in [0.1, 0.15) is 22.5 Å². The summed E-state index contributed by atoms with van der Waals surface area (Å²) in [5.74, 6) is 0.982. The quantitative estimate of drug-likeness (QED) is 0.637. The first-order valence-corrected chi connectivity index (χ1v) is 8.16. The molecule has 1 amide bonds. The summed E-state index contributed by atoms with van der Waals surface area (Å²) in [6.07, 6.45) is 2.23. The number of nitriles is 1. The van der Waals surface area contributed by atoms with Crippen LogP contribution in [0, 0.1) is 11.3 Å². The number of carbonyl (C=O) groups is 1. The van der Waals surface area contributed by atoms with E-state index in [4.69, 9.17) is 9.78 Å². The number of nitrogens with one attached hydrogen (secondary N) is 2. The van der Waals surface area contributed by atoms with Crippen molar-refractivity contribution in [2.75, 3.05) is 18.4 Å². The molecule has 2 aromatic heterocycles. The number of hydrogen-bond donors (Lipinski definition) is 2. The fourth-order valence-corrected chi connectivity index (χ4v) is 2.28. The second kappa shape index (κ2) is 8.44. The largest absolute Gasteiger partial charge is 0.370 e. The molecule has 7 nitrogen and oxygen atoms in total. The van der Waals surface area contributed by atoms with Gasteiger partial charge in [0.15, 0.2) is 11.5 Å². The zero-order chi connectivity index (χ0) is 18.2. The number of aromatic nitrogens is 2. The molecule has 3 rings (SSSR count). The summed E-state index contributed by atoms with van der Waals surface area (Å²) in [6.45, 7) is 1.14. The standard InChI is InChI=1S/C19H17N5O2/c20-12-14-7-8-18(23-13-14)21-9-4-10-22-19(25)16-11-17(26-24-16)15-5-2-1-3-6-15/h1-3,5-8,11,13H,4,9-10H2,(H,21,23)(H,22,25). The molecule has 0 bridgehead atoms. The third-order valence-electron chi connectivity index (χ3n) is 3.64. The number of rotatable bonds is 7. The van der Waals surface area contributed by atoms with Crippen molar-refractivity contribution in [2.45, 2.75) is 6.42 Å². The van der Waals surface area contributed by atoms with Crippen LogP contribution in [-0.4, -0.2) is 29.1 Å². The Morgan fingerprint density at radius 1 is 1.15 bits per heavy atom. The Morgan fingerprint density at radius 3 is 2.73 bits per heavy atom. The summed E-state index contributed by atoms with van der Waals surface area (Å²) in [4.78, 5) is 16.2. The van der Waals surface area contributed by atoms with Gasteiger partial charge in [-0.3, -0.25) is 4.79 Å². The average molecular weight is 347 g/mol. The Hall–Kier alpha value is -3.66. The number of carbonyl (C=O) groups excluding carboxylic acids is 1. The molecule has 0 aliphatic carbocycles. The highest BCUT2D eigenvalue weighted by Gasteiger charge is 2.12. The third kappa shape index (κ3) is 4.45. The van der Waals surface area contributed by atoms with Gasteiger partial charge in [0.25, 0.3) is 5.91 Å². The summed E-state index contributed by atoms with van der Waals surface area (Å²) in [5, 5.41) is 18.5. The average Bonchev–Trinajstić information content (AvgIpc) is 3.19. The SMILES string of the molecule is N#Cc1ccc(NCCCNC(=O)c2cc(-c3ccccc3)on2)nc1. The van der Waals surface area contributed by atoms with E-state index in [0.29, 0.717) is 30.2 Å². The molecular formula is C19H17N5O2. The number of anilines is 1. The maximum atomic E-state index is 12.1. The molecule has 7 heteroatoms. The topological polar surface area (TPSA) is 104 Å². The van der Waals surface area contributed by atoms with Gasteiger partial charge in [-0.1, -0.05) is 35.5 Å². The van der Waals surface area contributed by atoms with Crippen LogP contribution in [0.15, 0.2) is 59.3 Å². The van der Waals surface area contributed by atoms with Crippen molar-refractivity contribution in [3.05, 3.63) is 66.0 Å². The number of hydrogen-bond acceptors (Lipinski definition) is 6. The monoisotopic (exact) mass is 347 g/mol. The van der Waals surface area contributed by atoms with Crippen molar-refractivity contribution in [3.8, 4) is 17.4 Å². The lowest BCUT2D eigenvalue weighted by atomic mass is 10.1. The fourth-order valence-electron chi connectivity index (χ4n) is 2.28. The molecule has 2 heterocycles. The molecule has 0 atom stereocenters. The van der Waals surface area contributed by atoms with E-state index in [0.717, 1.165) is 12.0 Å². The molecule has 0 saturated heterocycles. The number of amides is 1. The van der Waals surface area contributed by atoms with Crippen LogP contribution >= 0.6 is 0 Å². The predicted octanol–water partition coefficient (Wildman–Crippen LogP) is 2.84. The lowest BCUT2D eigenvalue weighted by molar-refractivity contribution is 0.0944. The first-order chi connectivity index (χ1) is 12.8. The maximum Gasteiger partial charge on any atom is 0.273 e. The summed E-state index contributed by atoms with van der Waals surface area (Å²) in [7, 11) is 0. The van der Waals surface area contributed by atoms with Crippen LogP contribution in [0.25, 0.3) is 11.3 Å². The number of nitrogens with zero attached hydrogens (tertiary/aromatic N) is 3. The first kappa shape index (κ1) is 17.2. The second-order valence-electron chi connectivity index (χ2n) is 5.52. The van der Waals surface area contributed by atoms with Crippen molar-refractivity contribution in [1.29, 1.82) is 5.26 Å². The zero-order valence-corrected chi connectivity index (χ0v) is 14.0. The summed E-state index contributed by atoms with van der Waals surface area (Å²) in [5.41, 5.74) is 1.65. The molecule has 26 heavy (non-hydrogen) atoms. The summed E-state index contributed by atoms with van der Waals surface area (Å²) < 4.78 is 5.22. The summed E-state index contributed by atoms with van der Waals surface area (Å²) >= 11 is 0. The fraction of sp³-hybridized carbons (Fsp3) is 0.158. The summed E-state index contributed by atoms with van der Waals surface area (Å²) in [6, 6.07) is 16.6. The van der Waals surface area contributed by atoms with Crippen LogP contribution in [0.2, 0.25) is 0 Å². The van der Waals surface area contributed by atoms with E-state index in [1.807, 2.05) is 36.4 Å². The van der Waals surface area contributed by atoms with Gasteiger partial charge < -0.3 is 15.2 Å². The zero-order valence-electron chi connectivity index (χ0n) is 14.0.